The lowest BCUT2D eigenvalue weighted by Gasteiger charge is -2.28. The first-order chi connectivity index (χ1) is 9.11. The maximum absolute atomic E-state index is 10.4. The molecule has 0 unspecified atom stereocenters. The molecule has 0 atom stereocenters. The Labute approximate surface area is 119 Å². The van der Waals surface area contributed by atoms with Crippen LogP contribution in [0.2, 0.25) is 0 Å². The van der Waals surface area contributed by atoms with E-state index < -0.39 is 5.60 Å². The Morgan fingerprint density at radius 2 is 2.16 bits per heavy atom. The summed E-state index contributed by atoms with van der Waals surface area (Å²) in [4.78, 5) is 4.55. The summed E-state index contributed by atoms with van der Waals surface area (Å²) in [7, 11) is 2.07. The number of likely N-dealkylation sites (N-methyl/N-ethyl adjacent to an activating group) is 1. The molecule has 4 heteroatoms. The molecule has 0 aliphatic heterocycles. The van der Waals surface area contributed by atoms with E-state index in [9.17, 15) is 5.11 Å². The molecule has 0 saturated heterocycles. The molecule has 19 heavy (non-hydrogen) atoms. The second-order valence-electron chi connectivity index (χ2n) is 5.38. The van der Waals surface area contributed by atoms with Gasteiger partial charge >= 0.3 is 0 Å². The number of rotatable bonds is 4. The molecular formula is C15H22N2OS. The molecule has 1 aliphatic rings. The van der Waals surface area contributed by atoms with Crippen LogP contribution in [0.3, 0.4) is 0 Å². The number of thiophene rings is 1. The van der Waals surface area contributed by atoms with Crippen LogP contribution in [0.4, 0.5) is 0 Å². The fraction of sp³-hybridized carbons (Fsp3) is 0.600. The van der Waals surface area contributed by atoms with Gasteiger partial charge in [-0.1, -0.05) is 24.7 Å². The van der Waals surface area contributed by atoms with E-state index in [0.717, 1.165) is 43.6 Å². The van der Waals surface area contributed by atoms with Gasteiger partial charge in [0.15, 0.2) is 0 Å². The van der Waals surface area contributed by atoms with Gasteiger partial charge in [0.05, 0.1) is 17.0 Å². The first kappa shape index (κ1) is 14.5. The van der Waals surface area contributed by atoms with Crippen LogP contribution in [0.5, 0.6) is 0 Å². The predicted molar refractivity (Wildman–Crippen MR) is 80.0 cm³/mol. The van der Waals surface area contributed by atoms with Gasteiger partial charge in [0.1, 0.15) is 0 Å². The van der Waals surface area contributed by atoms with Crippen LogP contribution in [0.25, 0.3) is 0 Å². The molecule has 1 aromatic rings. The summed E-state index contributed by atoms with van der Waals surface area (Å²) in [6.07, 6.45) is 4.19. The number of aliphatic hydroxyl groups is 1. The van der Waals surface area contributed by atoms with E-state index in [-0.39, 0.29) is 0 Å². The normalized spacial score (nSPS) is 17.5. The molecule has 1 aliphatic carbocycles. The first-order valence-corrected chi connectivity index (χ1v) is 7.61. The zero-order chi connectivity index (χ0) is 13.7. The summed E-state index contributed by atoms with van der Waals surface area (Å²) in [5.74, 6) is 5.92. The third kappa shape index (κ3) is 4.32. The number of nitrogens with two attached hydrogens (primary N) is 1. The molecule has 0 radical (unpaired) electrons. The van der Waals surface area contributed by atoms with Gasteiger partial charge in [0.2, 0.25) is 0 Å². The minimum Gasteiger partial charge on any atom is -0.389 e. The van der Waals surface area contributed by atoms with Crippen molar-refractivity contribution in [1.82, 2.24) is 4.90 Å². The molecule has 1 saturated carbocycles. The van der Waals surface area contributed by atoms with E-state index in [2.05, 4.69) is 29.9 Å². The van der Waals surface area contributed by atoms with E-state index in [1.165, 1.54) is 4.88 Å². The zero-order valence-electron chi connectivity index (χ0n) is 11.5. The molecule has 0 amide bonds. The van der Waals surface area contributed by atoms with Crippen LogP contribution in [0, 0.1) is 11.8 Å². The molecule has 104 valence electrons. The van der Waals surface area contributed by atoms with E-state index in [4.69, 9.17) is 5.73 Å². The van der Waals surface area contributed by atoms with Crippen molar-refractivity contribution in [2.24, 2.45) is 5.73 Å². The lowest BCUT2D eigenvalue weighted by atomic mass is 10.0. The van der Waals surface area contributed by atoms with Gasteiger partial charge in [-0.05, 0) is 32.0 Å². The average Bonchev–Trinajstić information content (AvgIpc) is 2.96. The topological polar surface area (TPSA) is 49.5 Å². The minimum absolute atomic E-state index is 0.403. The number of nitrogens with zero attached hydrogens (tertiary/aromatic N) is 1. The fourth-order valence-electron chi connectivity index (χ4n) is 2.68. The SMILES string of the molecule is CN(Cc1ccc(C#CCN)s1)CC1(O)CCCC1. The third-order valence-corrected chi connectivity index (χ3v) is 4.48. The van der Waals surface area contributed by atoms with Crippen LogP contribution < -0.4 is 5.73 Å². The Morgan fingerprint density at radius 1 is 1.42 bits per heavy atom. The van der Waals surface area contributed by atoms with Crippen molar-refractivity contribution in [1.29, 1.82) is 0 Å². The maximum Gasteiger partial charge on any atom is 0.0774 e. The molecule has 0 bridgehead atoms. The average molecular weight is 278 g/mol. The van der Waals surface area contributed by atoms with E-state index in [1.54, 1.807) is 11.3 Å². The summed E-state index contributed by atoms with van der Waals surface area (Å²) in [5.41, 5.74) is 4.90. The Morgan fingerprint density at radius 3 is 2.84 bits per heavy atom. The lowest BCUT2D eigenvalue weighted by Crippen LogP contribution is -2.38. The van der Waals surface area contributed by atoms with Crippen LogP contribution in [-0.2, 0) is 6.54 Å². The Kier molecular flexibility index (Phi) is 5.00. The van der Waals surface area contributed by atoms with Gasteiger partial charge in [0, 0.05) is 18.0 Å². The Hall–Kier alpha value is -0.860. The highest BCUT2D eigenvalue weighted by molar-refractivity contribution is 7.12. The third-order valence-electron chi connectivity index (χ3n) is 3.50. The van der Waals surface area contributed by atoms with Crippen LogP contribution >= 0.6 is 11.3 Å². The fourth-order valence-corrected chi connectivity index (χ4v) is 3.65. The molecule has 1 aromatic heterocycles. The molecule has 0 spiro atoms. The molecule has 1 fully saturated rings. The Balaban J connectivity index is 1.88. The predicted octanol–water partition coefficient (Wildman–Crippen LogP) is 1.80. The highest BCUT2D eigenvalue weighted by Crippen LogP contribution is 2.30. The van der Waals surface area contributed by atoms with Crippen molar-refractivity contribution in [3.63, 3.8) is 0 Å². The van der Waals surface area contributed by atoms with Crippen LogP contribution in [-0.4, -0.2) is 35.7 Å². The monoisotopic (exact) mass is 278 g/mol. The van der Waals surface area contributed by atoms with Gasteiger partial charge in [-0.15, -0.1) is 11.3 Å². The minimum atomic E-state index is -0.464. The summed E-state index contributed by atoms with van der Waals surface area (Å²) >= 11 is 1.71. The van der Waals surface area contributed by atoms with Crippen LogP contribution in [0.1, 0.15) is 35.4 Å². The second kappa shape index (κ2) is 6.53. The number of hydrogen-bond acceptors (Lipinski definition) is 4. The van der Waals surface area contributed by atoms with E-state index in [1.807, 2.05) is 6.07 Å². The first-order valence-electron chi connectivity index (χ1n) is 6.80. The Bertz CT molecular complexity index is 466. The van der Waals surface area contributed by atoms with E-state index in [0.29, 0.717) is 6.54 Å². The maximum atomic E-state index is 10.4. The van der Waals surface area contributed by atoms with Crippen molar-refractivity contribution in [3.05, 3.63) is 21.9 Å². The standard InChI is InChI=1S/C15H22N2OS/c1-17(12-15(18)8-2-3-9-15)11-14-7-6-13(19-14)5-4-10-16/h6-7,18H,2-3,8-12,16H2,1H3. The van der Waals surface area contributed by atoms with Gasteiger partial charge in [-0.25, -0.2) is 0 Å². The van der Waals surface area contributed by atoms with Crippen molar-refractivity contribution >= 4 is 11.3 Å². The van der Waals surface area contributed by atoms with Gasteiger partial charge in [-0.2, -0.15) is 0 Å². The van der Waals surface area contributed by atoms with Crippen molar-refractivity contribution in [2.75, 3.05) is 20.1 Å². The van der Waals surface area contributed by atoms with Crippen molar-refractivity contribution in [3.8, 4) is 11.8 Å². The van der Waals surface area contributed by atoms with Crippen molar-refractivity contribution in [2.45, 2.75) is 37.8 Å². The zero-order valence-corrected chi connectivity index (χ0v) is 12.3. The summed E-state index contributed by atoms with van der Waals surface area (Å²) in [6, 6.07) is 4.15. The van der Waals surface area contributed by atoms with Gasteiger partial charge in [-0.3, -0.25) is 4.90 Å². The highest BCUT2D eigenvalue weighted by Gasteiger charge is 2.32. The summed E-state index contributed by atoms with van der Waals surface area (Å²) < 4.78 is 0. The highest BCUT2D eigenvalue weighted by atomic mass is 32.1. The second-order valence-corrected chi connectivity index (χ2v) is 6.54. The lowest BCUT2D eigenvalue weighted by molar-refractivity contribution is 0.0147. The van der Waals surface area contributed by atoms with Crippen LogP contribution in [0.15, 0.2) is 12.1 Å². The summed E-state index contributed by atoms with van der Waals surface area (Å²) in [6.45, 7) is 2.03. The molecule has 0 aromatic carbocycles. The largest absolute Gasteiger partial charge is 0.389 e. The molecule has 3 nitrogen and oxygen atoms in total. The smallest absolute Gasteiger partial charge is 0.0774 e. The van der Waals surface area contributed by atoms with Crippen molar-refractivity contribution < 1.29 is 5.11 Å². The molecule has 3 N–H and O–H groups in total. The van der Waals surface area contributed by atoms with Gasteiger partial charge in [0.25, 0.3) is 0 Å². The molecular weight excluding hydrogens is 256 g/mol. The quantitative estimate of drug-likeness (QED) is 0.826. The molecule has 2 rings (SSSR count). The number of hydrogen-bond donors (Lipinski definition) is 2. The van der Waals surface area contributed by atoms with Gasteiger partial charge < -0.3 is 10.8 Å². The molecule has 1 heterocycles. The summed E-state index contributed by atoms with van der Waals surface area (Å²) in [5, 5.41) is 10.4. The van der Waals surface area contributed by atoms with E-state index >= 15 is 0 Å².